The van der Waals surface area contributed by atoms with Crippen molar-refractivity contribution in [3.8, 4) is 0 Å². The molecular weight excluding hydrogens is 188 g/mol. The van der Waals surface area contributed by atoms with E-state index in [1.54, 1.807) is 7.11 Å². The maximum Gasteiger partial charge on any atom is 0.310 e. The molecule has 14 heavy (non-hydrogen) atoms. The van der Waals surface area contributed by atoms with Crippen molar-refractivity contribution in [2.45, 2.75) is 25.1 Å². The summed E-state index contributed by atoms with van der Waals surface area (Å²) in [5, 5.41) is 0. The van der Waals surface area contributed by atoms with Gasteiger partial charge in [0, 0.05) is 21.3 Å². The Kier molecular flexibility index (Phi) is 4.28. The van der Waals surface area contributed by atoms with Crippen LogP contribution >= 0.6 is 0 Å². The summed E-state index contributed by atoms with van der Waals surface area (Å²) in [6.07, 6.45) is -0.139. The highest BCUT2D eigenvalue weighted by atomic mass is 16.9. The van der Waals surface area contributed by atoms with E-state index in [9.17, 15) is 0 Å². The van der Waals surface area contributed by atoms with Gasteiger partial charge >= 0.3 is 5.97 Å². The quantitative estimate of drug-likeness (QED) is 0.445. The maximum absolute atomic E-state index is 5.51. The molecular formula is C9H18O5. The molecule has 0 spiro atoms. The Morgan fingerprint density at radius 1 is 1.36 bits per heavy atom. The molecule has 0 aliphatic carbocycles. The second kappa shape index (κ2) is 5.04. The van der Waals surface area contributed by atoms with Crippen molar-refractivity contribution in [2.75, 3.05) is 34.5 Å². The van der Waals surface area contributed by atoms with Crippen molar-refractivity contribution in [3.63, 3.8) is 0 Å². The van der Waals surface area contributed by atoms with Gasteiger partial charge in [0.1, 0.15) is 12.2 Å². The zero-order valence-electron chi connectivity index (χ0n) is 9.11. The van der Waals surface area contributed by atoms with Crippen LogP contribution in [-0.4, -0.2) is 52.7 Å². The summed E-state index contributed by atoms with van der Waals surface area (Å²) < 4.78 is 26.1. The van der Waals surface area contributed by atoms with Crippen LogP contribution in [0.15, 0.2) is 0 Å². The molecule has 5 heteroatoms. The lowest BCUT2D eigenvalue weighted by molar-refractivity contribution is -0.397. The molecule has 0 aromatic carbocycles. The first-order valence-electron chi connectivity index (χ1n) is 4.57. The number of epoxide rings is 1. The number of methoxy groups -OCH3 is 3. The smallest absolute Gasteiger partial charge is 0.310 e. The number of rotatable bonds is 7. The SMILES string of the molecule is COC(C)C(OC)(OC)OCC1CO1. The Bertz CT molecular complexity index is 165. The average molecular weight is 206 g/mol. The first kappa shape index (κ1) is 11.9. The van der Waals surface area contributed by atoms with Crippen LogP contribution in [0.2, 0.25) is 0 Å². The minimum Gasteiger partial charge on any atom is -0.373 e. The third kappa shape index (κ3) is 2.65. The zero-order chi connectivity index (χ0) is 10.6. The molecule has 0 aromatic rings. The van der Waals surface area contributed by atoms with Gasteiger partial charge in [0.2, 0.25) is 0 Å². The van der Waals surface area contributed by atoms with Gasteiger partial charge in [0.25, 0.3) is 0 Å². The summed E-state index contributed by atoms with van der Waals surface area (Å²) in [4.78, 5) is 0. The van der Waals surface area contributed by atoms with Gasteiger partial charge in [0.05, 0.1) is 13.2 Å². The van der Waals surface area contributed by atoms with Crippen LogP contribution in [0.25, 0.3) is 0 Å². The average Bonchev–Trinajstić information content (AvgIpc) is 3.03. The third-order valence-electron chi connectivity index (χ3n) is 2.29. The topological polar surface area (TPSA) is 49.5 Å². The van der Waals surface area contributed by atoms with E-state index in [0.717, 1.165) is 6.61 Å². The van der Waals surface area contributed by atoms with Crippen molar-refractivity contribution in [1.29, 1.82) is 0 Å². The second-order valence-corrected chi connectivity index (χ2v) is 3.16. The van der Waals surface area contributed by atoms with Crippen LogP contribution in [0.5, 0.6) is 0 Å². The van der Waals surface area contributed by atoms with Gasteiger partial charge in [-0.05, 0) is 6.92 Å². The molecule has 2 atom stereocenters. The summed E-state index contributed by atoms with van der Waals surface area (Å²) in [5.74, 6) is -1.14. The van der Waals surface area contributed by atoms with Crippen LogP contribution in [0.4, 0.5) is 0 Å². The standard InChI is InChI=1S/C9H18O5/c1-7(10-2)9(11-3,12-4)14-6-8-5-13-8/h7-8H,5-6H2,1-4H3. The highest BCUT2D eigenvalue weighted by molar-refractivity contribution is 4.72. The molecule has 0 bridgehead atoms. The molecule has 1 saturated heterocycles. The highest BCUT2D eigenvalue weighted by Gasteiger charge is 2.40. The first-order chi connectivity index (χ1) is 6.68. The van der Waals surface area contributed by atoms with E-state index in [2.05, 4.69) is 0 Å². The van der Waals surface area contributed by atoms with E-state index in [1.165, 1.54) is 14.2 Å². The fraction of sp³-hybridized carbons (Fsp3) is 1.00. The Labute approximate surface area is 84.2 Å². The van der Waals surface area contributed by atoms with Crippen molar-refractivity contribution in [1.82, 2.24) is 0 Å². The summed E-state index contributed by atoms with van der Waals surface area (Å²) in [5.41, 5.74) is 0. The fourth-order valence-electron chi connectivity index (χ4n) is 1.17. The second-order valence-electron chi connectivity index (χ2n) is 3.16. The van der Waals surface area contributed by atoms with Crippen molar-refractivity contribution in [2.24, 2.45) is 0 Å². The lowest BCUT2D eigenvalue weighted by Crippen LogP contribution is -2.48. The van der Waals surface area contributed by atoms with Gasteiger partial charge in [-0.25, -0.2) is 0 Å². The molecule has 2 unspecified atom stereocenters. The van der Waals surface area contributed by atoms with Gasteiger partial charge in [0.15, 0.2) is 0 Å². The summed E-state index contributed by atoms with van der Waals surface area (Å²) in [7, 11) is 4.62. The number of ether oxygens (including phenoxy) is 5. The lowest BCUT2D eigenvalue weighted by atomic mass is 10.3. The van der Waals surface area contributed by atoms with Crippen molar-refractivity contribution >= 4 is 0 Å². The summed E-state index contributed by atoms with van der Waals surface area (Å²) in [6.45, 7) is 3.01. The molecule has 0 N–H and O–H groups in total. The molecule has 1 aliphatic heterocycles. The Morgan fingerprint density at radius 3 is 2.29 bits per heavy atom. The zero-order valence-corrected chi connectivity index (χ0v) is 9.11. The van der Waals surface area contributed by atoms with Crippen LogP contribution < -0.4 is 0 Å². The minimum atomic E-state index is -1.14. The molecule has 1 rings (SSSR count). The van der Waals surface area contributed by atoms with E-state index in [1.807, 2.05) is 6.92 Å². The molecule has 1 aliphatic rings. The van der Waals surface area contributed by atoms with Crippen LogP contribution in [0, 0.1) is 0 Å². The maximum atomic E-state index is 5.51. The molecule has 1 heterocycles. The van der Waals surface area contributed by atoms with Gasteiger partial charge in [-0.3, -0.25) is 0 Å². The van der Waals surface area contributed by atoms with E-state index in [-0.39, 0.29) is 12.2 Å². The molecule has 0 amide bonds. The fourth-order valence-corrected chi connectivity index (χ4v) is 1.17. The van der Waals surface area contributed by atoms with Crippen LogP contribution in [0.1, 0.15) is 6.92 Å². The van der Waals surface area contributed by atoms with Crippen LogP contribution in [0.3, 0.4) is 0 Å². The third-order valence-corrected chi connectivity index (χ3v) is 2.29. The van der Waals surface area contributed by atoms with E-state index >= 15 is 0 Å². The van der Waals surface area contributed by atoms with E-state index in [0.29, 0.717) is 6.61 Å². The highest BCUT2D eigenvalue weighted by Crippen LogP contribution is 2.23. The van der Waals surface area contributed by atoms with Gasteiger partial charge < -0.3 is 23.7 Å². The lowest BCUT2D eigenvalue weighted by Gasteiger charge is -2.34. The normalized spacial score (nSPS) is 23.6. The first-order valence-corrected chi connectivity index (χ1v) is 4.57. The van der Waals surface area contributed by atoms with E-state index < -0.39 is 5.97 Å². The minimum absolute atomic E-state index is 0.170. The Balaban J connectivity index is 2.47. The largest absolute Gasteiger partial charge is 0.373 e. The Hall–Kier alpha value is -0.200. The van der Waals surface area contributed by atoms with Gasteiger partial charge in [-0.2, -0.15) is 0 Å². The molecule has 0 aromatic heterocycles. The number of hydrogen-bond donors (Lipinski definition) is 0. The predicted molar refractivity (Wildman–Crippen MR) is 48.9 cm³/mol. The summed E-state index contributed by atoms with van der Waals surface area (Å²) in [6, 6.07) is 0. The number of hydrogen-bond acceptors (Lipinski definition) is 5. The van der Waals surface area contributed by atoms with Gasteiger partial charge in [-0.1, -0.05) is 0 Å². The molecule has 0 saturated carbocycles. The predicted octanol–water partition coefficient (Wildman–Crippen LogP) is 0.383. The van der Waals surface area contributed by atoms with Crippen molar-refractivity contribution < 1.29 is 23.7 Å². The van der Waals surface area contributed by atoms with E-state index in [4.69, 9.17) is 23.7 Å². The monoisotopic (exact) mass is 206 g/mol. The molecule has 0 radical (unpaired) electrons. The van der Waals surface area contributed by atoms with Crippen LogP contribution in [-0.2, 0) is 23.7 Å². The molecule has 1 fully saturated rings. The molecule has 84 valence electrons. The van der Waals surface area contributed by atoms with Gasteiger partial charge in [-0.15, -0.1) is 0 Å². The molecule has 5 nitrogen and oxygen atoms in total. The Morgan fingerprint density at radius 2 is 1.93 bits per heavy atom. The van der Waals surface area contributed by atoms with Crippen molar-refractivity contribution in [3.05, 3.63) is 0 Å². The summed E-state index contributed by atoms with van der Waals surface area (Å²) >= 11 is 0.